The van der Waals surface area contributed by atoms with Gasteiger partial charge < -0.3 is 14.2 Å². The summed E-state index contributed by atoms with van der Waals surface area (Å²) >= 11 is 0. The third-order valence-electron chi connectivity index (χ3n) is 8.03. The number of fused-ring (bicyclic) bond motifs is 1. The van der Waals surface area contributed by atoms with Crippen LogP contribution in [0, 0.1) is 23.6 Å². The molecule has 1 aromatic rings. The molecule has 1 saturated heterocycles. The molecule has 32 heavy (non-hydrogen) atoms. The molecule has 0 amide bonds. The van der Waals surface area contributed by atoms with E-state index in [2.05, 4.69) is 19.9 Å². The Morgan fingerprint density at radius 2 is 1.69 bits per heavy atom. The molecule has 1 atom stereocenters. The van der Waals surface area contributed by atoms with Crippen LogP contribution in [0.5, 0.6) is 5.75 Å². The third kappa shape index (κ3) is 6.26. The van der Waals surface area contributed by atoms with E-state index in [1.54, 1.807) is 6.07 Å². The fourth-order valence-corrected chi connectivity index (χ4v) is 5.90. The summed E-state index contributed by atoms with van der Waals surface area (Å²) in [6, 6.07) is 3.89. The Morgan fingerprint density at radius 1 is 0.906 bits per heavy atom. The molecule has 0 bridgehead atoms. The van der Waals surface area contributed by atoms with Crippen LogP contribution in [0.2, 0.25) is 0 Å². The van der Waals surface area contributed by atoms with Crippen molar-refractivity contribution in [2.45, 2.75) is 110 Å². The quantitative estimate of drug-likeness (QED) is 0.374. The second-order valence-electron chi connectivity index (χ2n) is 10.4. The Balaban J connectivity index is 1.22. The van der Waals surface area contributed by atoms with Crippen molar-refractivity contribution in [1.82, 2.24) is 0 Å². The Bertz CT molecular complexity index is 705. The lowest BCUT2D eigenvalue weighted by molar-refractivity contribution is -0.203. The van der Waals surface area contributed by atoms with E-state index in [4.69, 9.17) is 14.2 Å². The number of unbranched alkanes of at least 4 members (excludes halogenated alkanes) is 1. The van der Waals surface area contributed by atoms with E-state index < -0.39 is 0 Å². The van der Waals surface area contributed by atoms with Crippen LogP contribution in [0.25, 0.3) is 0 Å². The van der Waals surface area contributed by atoms with Crippen molar-refractivity contribution in [3.8, 4) is 5.75 Å². The minimum atomic E-state index is -0.161. The topological polar surface area (TPSA) is 27.7 Å². The van der Waals surface area contributed by atoms with Gasteiger partial charge in [-0.2, -0.15) is 0 Å². The maximum Gasteiger partial charge on any atom is 0.165 e. The standard InChI is InChI=1S/C28H43FO3/c1-3-7-21-10-12-23(13-11-21)26-15-14-24-16-22(17-25(29)28(24)32-26)8-5-6-9-27-30-18-20(4-2)19-31-27/h16-17,20-21,23,26-27H,3-15,18-19H2,1-2H3. The zero-order valence-corrected chi connectivity index (χ0v) is 20.3. The lowest BCUT2D eigenvalue weighted by atomic mass is 9.76. The van der Waals surface area contributed by atoms with Crippen molar-refractivity contribution in [1.29, 1.82) is 0 Å². The van der Waals surface area contributed by atoms with Crippen molar-refractivity contribution in [3.05, 3.63) is 29.1 Å². The predicted octanol–water partition coefficient (Wildman–Crippen LogP) is 7.24. The molecule has 3 nitrogen and oxygen atoms in total. The molecule has 0 radical (unpaired) electrons. The third-order valence-corrected chi connectivity index (χ3v) is 8.03. The summed E-state index contributed by atoms with van der Waals surface area (Å²) < 4.78 is 32.8. The van der Waals surface area contributed by atoms with Gasteiger partial charge in [0.2, 0.25) is 0 Å². The SMILES string of the molecule is CCCC1CCC(C2CCc3cc(CCCCC4OCC(CC)CO4)cc(F)c3O2)CC1. The molecule has 0 spiro atoms. The van der Waals surface area contributed by atoms with Gasteiger partial charge in [0, 0.05) is 5.92 Å². The summed E-state index contributed by atoms with van der Waals surface area (Å²) in [6.45, 7) is 6.10. The molecular formula is C28H43FO3. The normalized spacial score (nSPS) is 30.5. The predicted molar refractivity (Wildman–Crippen MR) is 127 cm³/mol. The van der Waals surface area contributed by atoms with Crippen LogP contribution in [0.3, 0.4) is 0 Å². The second kappa shape index (κ2) is 11.8. The van der Waals surface area contributed by atoms with E-state index >= 15 is 0 Å². The van der Waals surface area contributed by atoms with Crippen LogP contribution >= 0.6 is 0 Å². The first-order chi connectivity index (χ1) is 15.7. The molecule has 1 aromatic carbocycles. The van der Waals surface area contributed by atoms with Crippen molar-refractivity contribution in [3.63, 3.8) is 0 Å². The van der Waals surface area contributed by atoms with Crippen LogP contribution in [0.15, 0.2) is 12.1 Å². The van der Waals surface area contributed by atoms with Gasteiger partial charge in [0.15, 0.2) is 17.9 Å². The lowest BCUT2D eigenvalue weighted by Crippen LogP contribution is -2.34. The first-order valence-corrected chi connectivity index (χ1v) is 13.4. The highest BCUT2D eigenvalue weighted by Crippen LogP contribution is 2.40. The van der Waals surface area contributed by atoms with Gasteiger partial charge in [-0.1, -0.05) is 45.6 Å². The van der Waals surface area contributed by atoms with Crippen LogP contribution in [0.4, 0.5) is 4.39 Å². The average molecular weight is 447 g/mol. The zero-order chi connectivity index (χ0) is 22.3. The smallest absolute Gasteiger partial charge is 0.165 e. The first-order valence-electron chi connectivity index (χ1n) is 13.4. The monoisotopic (exact) mass is 446 g/mol. The van der Waals surface area contributed by atoms with Crippen LogP contribution in [-0.4, -0.2) is 25.6 Å². The highest BCUT2D eigenvalue weighted by molar-refractivity contribution is 5.40. The zero-order valence-electron chi connectivity index (χ0n) is 20.3. The maximum atomic E-state index is 14.9. The molecule has 2 fully saturated rings. The van der Waals surface area contributed by atoms with E-state index in [0.29, 0.717) is 17.6 Å². The molecule has 0 aromatic heterocycles. The van der Waals surface area contributed by atoms with E-state index in [1.165, 1.54) is 38.5 Å². The Morgan fingerprint density at radius 3 is 2.41 bits per heavy atom. The molecule has 2 aliphatic heterocycles. The van der Waals surface area contributed by atoms with Crippen LogP contribution in [-0.2, 0) is 22.3 Å². The van der Waals surface area contributed by atoms with Gasteiger partial charge in [0.25, 0.3) is 0 Å². The minimum absolute atomic E-state index is 0.0551. The molecule has 2 heterocycles. The number of rotatable bonds is 9. The Kier molecular flexibility index (Phi) is 8.88. The highest BCUT2D eigenvalue weighted by atomic mass is 19.1. The van der Waals surface area contributed by atoms with E-state index in [0.717, 1.165) is 75.2 Å². The van der Waals surface area contributed by atoms with E-state index in [9.17, 15) is 4.39 Å². The molecule has 1 aliphatic carbocycles. The fraction of sp³-hybridized carbons (Fsp3) is 0.786. The van der Waals surface area contributed by atoms with E-state index in [-0.39, 0.29) is 18.2 Å². The number of benzene rings is 1. The highest BCUT2D eigenvalue weighted by Gasteiger charge is 2.32. The maximum absolute atomic E-state index is 14.9. The molecule has 180 valence electrons. The summed E-state index contributed by atoms with van der Waals surface area (Å²) in [7, 11) is 0. The molecule has 4 heteroatoms. The van der Waals surface area contributed by atoms with Crippen LogP contribution in [0.1, 0.15) is 95.6 Å². The van der Waals surface area contributed by atoms with Crippen LogP contribution < -0.4 is 4.74 Å². The molecule has 1 saturated carbocycles. The summed E-state index contributed by atoms with van der Waals surface area (Å²) in [5.41, 5.74) is 2.17. The summed E-state index contributed by atoms with van der Waals surface area (Å²) in [4.78, 5) is 0. The van der Waals surface area contributed by atoms with E-state index in [1.807, 2.05) is 0 Å². The minimum Gasteiger partial charge on any atom is -0.487 e. The number of halogens is 1. The second-order valence-corrected chi connectivity index (χ2v) is 10.4. The largest absolute Gasteiger partial charge is 0.487 e. The summed E-state index contributed by atoms with van der Waals surface area (Å²) in [6.07, 6.45) is 14.9. The number of hydrogen-bond acceptors (Lipinski definition) is 3. The summed E-state index contributed by atoms with van der Waals surface area (Å²) in [5, 5.41) is 0. The van der Waals surface area contributed by atoms with Gasteiger partial charge in [-0.15, -0.1) is 0 Å². The molecule has 4 rings (SSSR count). The lowest BCUT2D eigenvalue weighted by Gasteiger charge is -2.36. The average Bonchev–Trinajstić information content (AvgIpc) is 2.83. The van der Waals surface area contributed by atoms with Crippen molar-refractivity contribution < 1.29 is 18.6 Å². The number of hydrogen-bond donors (Lipinski definition) is 0. The molecular weight excluding hydrogens is 403 g/mol. The van der Waals surface area contributed by atoms with Crippen molar-refractivity contribution in [2.75, 3.05) is 13.2 Å². The number of ether oxygens (including phenoxy) is 3. The number of aryl methyl sites for hydroxylation is 2. The van der Waals surface area contributed by atoms with Gasteiger partial charge in [-0.05, 0) is 86.8 Å². The Labute approximate surface area is 194 Å². The first kappa shape index (κ1) is 24.0. The fourth-order valence-electron chi connectivity index (χ4n) is 5.90. The van der Waals surface area contributed by atoms with Gasteiger partial charge in [0.05, 0.1) is 13.2 Å². The molecule has 1 unspecified atom stereocenters. The van der Waals surface area contributed by atoms with Crippen molar-refractivity contribution >= 4 is 0 Å². The summed E-state index contributed by atoms with van der Waals surface area (Å²) in [5.74, 6) is 2.42. The molecule has 3 aliphatic rings. The Hall–Kier alpha value is -1.13. The van der Waals surface area contributed by atoms with Gasteiger partial charge >= 0.3 is 0 Å². The molecule has 0 N–H and O–H groups in total. The van der Waals surface area contributed by atoms with Crippen molar-refractivity contribution in [2.24, 2.45) is 17.8 Å². The van der Waals surface area contributed by atoms with Gasteiger partial charge in [-0.25, -0.2) is 4.39 Å². The van der Waals surface area contributed by atoms with Gasteiger partial charge in [-0.3, -0.25) is 0 Å². The van der Waals surface area contributed by atoms with Gasteiger partial charge in [0.1, 0.15) is 6.10 Å².